The van der Waals surface area contributed by atoms with Crippen LogP contribution in [0.5, 0.6) is 0 Å². The van der Waals surface area contributed by atoms with Gasteiger partial charge in [-0.1, -0.05) is 11.3 Å². The molecule has 0 N–H and O–H groups in total. The summed E-state index contributed by atoms with van der Waals surface area (Å²) < 4.78 is 6.42. The smallest absolute Gasteiger partial charge is 0.307 e. The first-order valence-electron chi connectivity index (χ1n) is 4.88. The zero-order chi connectivity index (χ0) is 11.4. The molecule has 0 unspecified atom stereocenters. The third kappa shape index (κ3) is 2.92. The molecule has 1 rings (SSSR count). The van der Waals surface area contributed by atoms with Crippen LogP contribution in [0.1, 0.15) is 23.9 Å². The molecule has 0 aromatic carbocycles. The van der Waals surface area contributed by atoms with E-state index in [1.165, 1.54) is 11.3 Å². The highest BCUT2D eigenvalue weighted by molar-refractivity contribution is 7.09. The predicted octanol–water partition coefficient (Wildman–Crippen LogP) is 1.48. The molecule has 0 aliphatic heterocycles. The van der Waals surface area contributed by atoms with Crippen molar-refractivity contribution >= 4 is 17.3 Å². The van der Waals surface area contributed by atoms with Gasteiger partial charge in [-0.2, -0.15) is 0 Å². The van der Waals surface area contributed by atoms with Crippen LogP contribution >= 0.6 is 11.3 Å². The second kappa shape index (κ2) is 5.11. The fraction of sp³-hybridized carbons (Fsp3) is 0.600. The van der Waals surface area contributed by atoms with E-state index < -0.39 is 0 Å². The van der Waals surface area contributed by atoms with Crippen LogP contribution in [0.2, 0.25) is 0 Å². The number of aryl methyl sites for hydroxylation is 1. The van der Waals surface area contributed by atoms with Gasteiger partial charge in [0.2, 0.25) is 0 Å². The number of hydrogen-bond donors (Lipinski definition) is 0. The summed E-state index contributed by atoms with van der Waals surface area (Å²) in [7, 11) is 0. The fourth-order valence-corrected chi connectivity index (χ4v) is 2.14. The second-order valence-electron chi connectivity index (χ2n) is 3.22. The molecule has 0 radical (unpaired) electrons. The van der Waals surface area contributed by atoms with Crippen molar-refractivity contribution in [3.63, 3.8) is 0 Å². The molecule has 0 bridgehead atoms. The van der Waals surface area contributed by atoms with E-state index in [9.17, 15) is 9.59 Å². The van der Waals surface area contributed by atoms with Crippen LogP contribution in [0, 0.1) is 13.8 Å². The van der Waals surface area contributed by atoms with Gasteiger partial charge in [-0.25, -0.2) is 0 Å². The van der Waals surface area contributed by atoms with Gasteiger partial charge >= 0.3 is 10.8 Å². The minimum atomic E-state index is -0.257. The van der Waals surface area contributed by atoms with E-state index in [1.807, 2.05) is 13.8 Å². The largest absolute Gasteiger partial charge is 0.466 e. The van der Waals surface area contributed by atoms with E-state index >= 15 is 0 Å². The Balaban J connectivity index is 2.65. The zero-order valence-corrected chi connectivity index (χ0v) is 10.0. The maximum absolute atomic E-state index is 11.5. The summed E-state index contributed by atoms with van der Waals surface area (Å²) in [5.74, 6) is -0.257. The number of hydrogen-bond acceptors (Lipinski definition) is 4. The van der Waals surface area contributed by atoms with Crippen molar-refractivity contribution in [2.45, 2.75) is 33.7 Å². The van der Waals surface area contributed by atoms with Gasteiger partial charge in [0.05, 0.1) is 13.0 Å². The first kappa shape index (κ1) is 12.0. The lowest BCUT2D eigenvalue weighted by atomic mass is 10.3. The molecule has 0 saturated heterocycles. The Bertz CT molecular complexity index is 405. The molecule has 0 aliphatic carbocycles. The maximum Gasteiger partial charge on any atom is 0.307 e. The third-order valence-corrected chi connectivity index (χ3v) is 3.22. The highest BCUT2D eigenvalue weighted by Gasteiger charge is 2.09. The first-order valence-corrected chi connectivity index (χ1v) is 5.70. The lowest BCUT2D eigenvalue weighted by Crippen LogP contribution is -2.17. The normalized spacial score (nSPS) is 10.3. The Morgan fingerprint density at radius 3 is 2.60 bits per heavy atom. The van der Waals surface area contributed by atoms with Crippen molar-refractivity contribution in [2.24, 2.45) is 0 Å². The summed E-state index contributed by atoms with van der Waals surface area (Å²) in [6.45, 7) is 6.36. The number of carbonyl (C=O) groups is 1. The van der Waals surface area contributed by atoms with E-state index in [0.717, 1.165) is 10.6 Å². The molecule has 0 saturated carbocycles. The molecule has 15 heavy (non-hydrogen) atoms. The summed E-state index contributed by atoms with van der Waals surface area (Å²) in [4.78, 5) is 23.6. The third-order valence-electron chi connectivity index (χ3n) is 2.22. The van der Waals surface area contributed by atoms with Gasteiger partial charge in [0.25, 0.3) is 0 Å². The van der Waals surface area contributed by atoms with Crippen molar-refractivity contribution in [2.75, 3.05) is 6.61 Å². The molecular formula is C10H15NO3S. The molecule has 84 valence electrons. The van der Waals surface area contributed by atoms with Gasteiger partial charge in [-0.3, -0.25) is 9.59 Å². The SMILES string of the molecule is CCOC(=O)CCn1c(C)c(C)sc1=O. The fourth-order valence-electron chi connectivity index (χ4n) is 1.28. The minimum absolute atomic E-state index is 0.00528. The predicted molar refractivity (Wildman–Crippen MR) is 59.3 cm³/mol. The number of rotatable bonds is 4. The molecule has 0 spiro atoms. The van der Waals surface area contributed by atoms with E-state index in [2.05, 4.69) is 0 Å². The Kier molecular flexibility index (Phi) is 4.08. The van der Waals surface area contributed by atoms with E-state index in [1.54, 1.807) is 11.5 Å². The molecule has 1 aromatic heterocycles. The first-order chi connectivity index (χ1) is 7.06. The lowest BCUT2D eigenvalue weighted by molar-refractivity contribution is -0.143. The second-order valence-corrected chi connectivity index (χ2v) is 4.38. The van der Waals surface area contributed by atoms with Gasteiger partial charge in [-0.05, 0) is 20.8 Å². The monoisotopic (exact) mass is 229 g/mol. The average Bonchev–Trinajstić information content (AvgIpc) is 2.40. The molecule has 0 atom stereocenters. The van der Waals surface area contributed by atoms with E-state index in [0.29, 0.717) is 13.2 Å². The van der Waals surface area contributed by atoms with Crippen LogP contribution in [-0.4, -0.2) is 17.1 Å². The molecule has 1 heterocycles. The van der Waals surface area contributed by atoms with E-state index in [4.69, 9.17) is 4.74 Å². The maximum atomic E-state index is 11.5. The van der Waals surface area contributed by atoms with Crippen molar-refractivity contribution in [1.29, 1.82) is 0 Å². The molecule has 0 aliphatic rings. The van der Waals surface area contributed by atoms with Crippen LogP contribution in [0.15, 0.2) is 4.79 Å². The van der Waals surface area contributed by atoms with Gasteiger partial charge in [-0.15, -0.1) is 0 Å². The number of aromatic nitrogens is 1. The summed E-state index contributed by atoms with van der Waals surface area (Å²) >= 11 is 1.22. The highest BCUT2D eigenvalue weighted by Crippen LogP contribution is 2.09. The van der Waals surface area contributed by atoms with Crippen LogP contribution in [0.3, 0.4) is 0 Å². The van der Waals surface area contributed by atoms with Crippen molar-refractivity contribution in [3.05, 3.63) is 20.2 Å². The molecule has 0 amide bonds. The minimum Gasteiger partial charge on any atom is -0.466 e. The topological polar surface area (TPSA) is 48.3 Å². The van der Waals surface area contributed by atoms with Gasteiger partial charge in [0.15, 0.2) is 0 Å². The Morgan fingerprint density at radius 2 is 2.13 bits per heavy atom. The number of carbonyl (C=O) groups excluding carboxylic acids is 1. The lowest BCUT2D eigenvalue weighted by Gasteiger charge is -2.04. The van der Waals surface area contributed by atoms with Crippen molar-refractivity contribution in [1.82, 2.24) is 4.57 Å². The van der Waals surface area contributed by atoms with Crippen molar-refractivity contribution in [3.8, 4) is 0 Å². The van der Waals surface area contributed by atoms with Gasteiger partial charge in [0, 0.05) is 17.1 Å². The average molecular weight is 229 g/mol. The molecule has 5 heteroatoms. The number of nitrogens with zero attached hydrogens (tertiary/aromatic N) is 1. The zero-order valence-electron chi connectivity index (χ0n) is 9.20. The molecule has 4 nitrogen and oxygen atoms in total. The molecular weight excluding hydrogens is 214 g/mol. The Morgan fingerprint density at radius 1 is 1.47 bits per heavy atom. The number of thiazole rings is 1. The summed E-state index contributed by atoms with van der Waals surface area (Å²) in [6, 6.07) is 0. The summed E-state index contributed by atoms with van der Waals surface area (Å²) in [5.41, 5.74) is 0.939. The van der Waals surface area contributed by atoms with Crippen LogP contribution in [-0.2, 0) is 16.1 Å². The van der Waals surface area contributed by atoms with Gasteiger partial charge < -0.3 is 9.30 Å². The molecule has 0 fully saturated rings. The van der Waals surface area contributed by atoms with Crippen LogP contribution < -0.4 is 4.87 Å². The quantitative estimate of drug-likeness (QED) is 0.735. The van der Waals surface area contributed by atoms with Crippen LogP contribution in [0.25, 0.3) is 0 Å². The summed E-state index contributed by atoms with van der Waals surface area (Å²) in [6.07, 6.45) is 0.255. The Hall–Kier alpha value is -1.10. The standard InChI is InChI=1S/C10H15NO3S/c1-4-14-9(12)5-6-11-7(2)8(3)15-10(11)13/h4-6H2,1-3H3. The number of ether oxygens (including phenoxy) is 1. The summed E-state index contributed by atoms with van der Waals surface area (Å²) in [5, 5.41) is 0. The highest BCUT2D eigenvalue weighted by atomic mass is 32.1. The van der Waals surface area contributed by atoms with Crippen LogP contribution in [0.4, 0.5) is 0 Å². The Labute approximate surface area is 92.5 Å². The van der Waals surface area contributed by atoms with Gasteiger partial charge in [0.1, 0.15) is 0 Å². The number of esters is 1. The van der Waals surface area contributed by atoms with Crippen molar-refractivity contribution < 1.29 is 9.53 Å². The molecule has 1 aromatic rings. The van der Waals surface area contributed by atoms with E-state index in [-0.39, 0.29) is 17.3 Å².